The number of nitrogens with zero attached hydrogens (tertiary/aromatic N) is 1. The Morgan fingerprint density at radius 3 is 2.29 bits per heavy atom. The molecule has 1 fully saturated rings. The maximum atomic E-state index is 11.3. The van der Waals surface area contributed by atoms with Crippen molar-refractivity contribution in [2.75, 3.05) is 0 Å². The minimum absolute atomic E-state index is 0.0180. The van der Waals surface area contributed by atoms with Crippen LogP contribution in [0.1, 0.15) is 49.7 Å². The van der Waals surface area contributed by atoms with Crippen molar-refractivity contribution in [3.8, 4) is 0 Å². The number of rotatable bonds is 1. The van der Waals surface area contributed by atoms with Crippen LogP contribution in [-0.4, -0.2) is 9.97 Å². The van der Waals surface area contributed by atoms with Gasteiger partial charge in [-0.05, 0) is 26.7 Å². The molecular formula is C11H18N2O. The molecule has 0 unspecified atom stereocenters. The zero-order valence-corrected chi connectivity index (χ0v) is 9.35. The van der Waals surface area contributed by atoms with Crippen molar-refractivity contribution in [3.05, 3.63) is 27.4 Å². The Bertz CT molecular complexity index is 364. The van der Waals surface area contributed by atoms with Crippen molar-refractivity contribution < 1.29 is 0 Å². The largest absolute Gasteiger partial charge is 0.310 e. The van der Waals surface area contributed by atoms with Gasteiger partial charge in [0.25, 0.3) is 5.56 Å². The van der Waals surface area contributed by atoms with E-state index < -0.39 is 0 Å². The summed E-state index contributed by atoms with van der Waals surface area (Å²) in [5.41, 5.74) is 1.62. The Labute approximate surface area is 84.6 Å². The van der Waals surface area contributed by atoms with Gasteiger partial charge in [0.05, 0.1) is 0 Å². The molecule has 1 aromatic rings. The summed E-state index contributed by atoms with van der Waals surface area (Å²) in [7, 11) is 0. The quantitative estimate of drug-likeness (QED) is 0.745. The van der Waals surface area contributed by atoms with Crippen LogP contribution in [0.15, 0.2) is 4.79 Å². The van der Waals surface area contributed by atoms with E-state index in [1.807, 2.05) is 20.8 Å². The summed E-state index contributed by atoms with van der Waals surface area (Å²) < 4.78 is 0. The lowest BCUT2D eigenvalue weighted by Gasteiger charge is -2.01. The minimum Gasteiger partial charge on any atom is -0.310 e. The van der Waals surface area contributed by atoms with E-state index in [9.17, 15) is 4.79 Å². The fourth-order valence-corrected chi connectivity index (χ4v) is 1.22. The van der Waals surface area contributed by atoms with E-state index in [-0.39, 0.29) is 5.56 Å². The first-order chi connectivity index (χ1) is 6.68. The van der Waals surface area contributed by atoms with E-state index in [0.29, 0.717) is 5.92 Å². The summed E-state index contributed by atoms with van der Waals surface area (Å²) in [4.78, 5) is 18.4. The molecule has 1 aliphatic carbocycles. The third-order valence-corrected chi connectivity index (χ3v) is 2.38. The Hall–Kier alpha value is -1.12. The monoisotopic (exact) mass is 194 g/mol. The highest BCUT2D eigenvalue weighted by atomic mass is 16.1. The van der Waals surface area contributed by atoms with Crippen LogP contribution in [0, 0.1) is 13.8 Å². The lowest BCUT2D eigenvalue weighted by Crippen LogP contribution is -2.15. The summed E-state index contributed by atoms with van der Waals surface area (Å²) in [6, 6.07) is 0. The van der Waals surface area contributed by atoms with Crippen LogP contribution in [0.2, 0.25) is 0 Å². The first kappa shape index (κ1) is 11.0. The molecule has 1 aliphatic rings. The van der Waals surface area contributed by atoms with Crippen LogP contribution >= 0.6 is 0 Å². The molecule has 3 nitrogen and oxygen atoms in total. The highest BCUT2D eigenvalue weighted by Crippen LogP contribution is 2.37. The number of nitrogens with one attached hydrogen (secondary N) is 1. The molecule has 0 spiro atoms. The molecule has 1 saturated carbocycles. The van der Waals surface area contributed by atoms with Gasteiger partial charge in [-0.25, -0.2) is 4.98 Å². The van der Waals surface area contributed by atoms with E-state index in [2.05, 4.69) is 9.97 Å². The Morgan fingerprint density at radius 1 is 1.29 bits per heavy atom. The van der Waals surface area contributed by atoms with Gasteiger partial charge in [0.1, 0.15) is 5.82 Å². The Kier molecular flexibility index (Phi) is 3.44. The first-order valence-electron chi connectivity index (χ1n) is 5.26. The van der Waals surface area contributed by atoms with Crippen molar-refractivity contribution in [3.63, 3.8) is 0 Å². The van der Waals surface area contributed by atoms with Crippen molar-refractivity contribution in [1.82, 2.24) is 9.97 Å². The zero-order valence-electron chi connectivity index (χ0n) is 9.35. The van der Waals surface area contributed by atoms with Crippen molar-refractivity contribution in [2.24, 2.45) is 0 Å². The number of aromatic amines is 1. The predicted octanol–water partition coefficient (Wildman–Crippen LogP) is 2.29. The molecule has 78 valence electrons. The van der Waals surface area contributed by atoms with E-state index in [1.54, 1.807) is 6.92 Å². The molecule has 2 rings (SSSR count). The molecule has 0 saturated heterocycles. The molecule has 1 aromatic heterocycles. The van der Waals surface area contributed by atoms with Gasteiger partial charge in [0.15, 0.2) is 0 Å². The molecule has 3 heteroatoms. The van der Waals surface area contributed by atoms with Crippen LogP contribution < -0.4 is 5.56 Å². The van der Waals surface area contributed by atoms with Crippen LogP contribution in [0.3, 0.4) is 0 Å². The Morgan fingerprint density at radius 2 is 1.86 bits per heavy atom. The fourth-order valence-electron chi connectivity index (χ4n) is 1.22. The van der Waals surface area contributed by atoms with Gasteiger partial charge in [-0.3, -0.25) is 4.79 Å². The third kappa shape index (κ3) is 2.22. The minimum atomic E-state index is 0.0180. The van der Waals surface area contributed by atoms with Gasteiger partial charge in [0.2, 0.25) is 0 Å². The summed E-state index contributed by atoms with van der Waals surface area (Å²) in [6.07, 6.45) is 2.34. The van der Waals surface area contributed by atoms with Gasteiger partial charge in [-0.2, -0.15) is 0 Å². The molecule has 0 radical (unpaired) electrons. The second-order valence-electron chi connectivity index (χ2n) is 3.44. The molecule has 1 heterocycles. The number of H-pyrrole nitrogens is 1. The number of hydrogen-bond donors (Lipinski definition) is 1. The number of aryl methyl sites for hydroxylation is 1. The average Bonchev–Trinajstić information content (AvgIpc) is 3.00. The third-order valence-electron chi connectivity index (χ3n) is 2.38. The zero-order chi connectivity index (χ0) is 10.7. The highest BCUT2D eigenvalue weighted by molar-refractivity contribution is 5.17. The maximum absolute atomic E-state index is 11.3. The lowest BCUT2D eigenvalue weighted by atomic mass is 10.2. The maximum Gasteiger partial charge on any atom is 0.254 e. The second-order valence-corrected chi connectivity index (χ2v) is 3.44. The molecule has 1 N–H and O–H groups in total. The molecular weight excluding hydrogens is 176 g/mol. The van der Waals surface area contributed by atoms with Gasteiger partial charge >= 0.3 is 0 Å². The fraction of sp³-hybridized carbons (Fsp3) is 0.636. The van der Waals surface area contributed by atoms with E-state index >= 15 is 0 Å². The average molecular weight is 194 g/mol. The first-order valence-corrected chi connectivity index (χ1v) is 5.26. The molecule has 0 aromatic carbocycles. The number of hydrogen-bond acceptors (Lipinski definition) is 2. The predicted molar refractivity (Wildman–Crippen MR) is 57.7 cm³/mol. The van der Waals surface area contributed by atoms with Crippen molar-refractivity contribution in [2.45, 2.75) is 46.5 Å². The van der Waals surface area contributed by atoms with Crippen LogP contribution in [-0.2, 0) is 0 Å². The van der Waals surface area contributed by atoms with Crippen LogP contribution in [0.4, 0.5) is 0 Å². The number of aromatic nitrogens is 2. The summed E-state index contributed by atoms with van der Waals surface area (Å²) in [6.45, 7) is 7.69. The van der Waals surface area contributed by atoms with Crippen LogP contribution in [0.25, 0.3) is 0 Å². The van der Waals surface area contributed by atoms with Crippen molar-refractivity contribution in [1.29, 1.82) is 0 Å². The lowest BCUT2D eigenvalue weighted by molar-refractivity contribution is 0.873. The smallest absolute Gasteiger partial charge is 0.254 e. The van der Waals surface area contributed by atoms with Gasteiger partial charge in [-0.15, -0.1) is 0 Å². The molecule has 14 heavy (non-hydrogen) atoms. The van der Waals surface area contributed by atoms with E-state index in [1.165, 1.54) is 12.8 Å². The molecule has 0 atom stereocenters. The molecule has 0 amide bonds. The van der Waals surface area contributed by atoms with E-state index in [0.717, 1.165) is 17.1 Å². The van der Waals surface area contributed by atoms with Crippen LogP contribution in [0.5, 0.6) is 0 Å². The van der Waals surface area contributed by atoms with E-state index in [4.69, 9.17) is 0 Å². The molecule has 0 aliphatic heterocycles. The van der Waals surface area contributed by atoms with Gasteiger partial charge < -0.3 is 4.98 Å². The van der Waals surface area contributed by atoms with Gasteiger partial charge in [0, 0.05) is 17.2 Å². The standard InChI is InChI=1S/C9H12N2O.C2H6/c1-5-6(2)10-8(7-3-4-7)11-9(5)12;1-2/h7H,3-4H2,1-2H3,(H,10,11,12);1-2H3. The van der Waals surface area contributed by atoms with Gasteiger partial charge in [-0.1, -0.05) is 13.8 Å². The highest BCUT2D eigenvalue weighted by Gasteiger charge is 2.26. The topological polar surface area (TPSA) is 45.8 Å². The SMILES string of the molecule is CC.Cc1nc(C2CC2)[nH]c(=O)c1C. The summed E-state index contributed by atoms with van der Waals surface area (Å²) in [5.74, 6) is 1.40. The second kappa shape index (κ2) is 4.40. The summed E-state index contributed by atoms with van der Waals surface area (Å²) in [5, 5.41) is 0. The Balaban J connectivity index is 0.000000461. The normalized spacial score (nSPS) is 14.6. The van der Waals surface area contributed by atoms with Crippen molar-refractivity contribution >= 4 is 0 Å². The summed E-state index contributed by atoms with van der Waals surface area (Å²) >= 11 is 0. The molecule has 0 bridgehead atoms.